The molecule has 0 bridgehead atoms. The highest BCUT2D eigenvalue weighted by atomic mass is 16.2. The smallest absolute Gasteiger partial charge is 0.227 e. The second kappa shape index (κ2) is 8.47. The molecule has 1 atom stereocenters. The lowest BCUT2D eigenvalue weighted by atomic mass is 9.87. The number of hydrogen-bond donors (Lipinski definition) is 2. The zero-order chi connectivity index (χ0) is 20.2. The summed E-state index contributed by atoms with van der Waals surface area (Å²) in [4.78, 5) is 34.2. The number of carbonyl (C=O) groups is 2. The van der Waals surface area contributed by atoms with Gasteiger partial charge in [0.15, 0.2) is 0 Å². The van der Waals surface area contributed by atoms with Gasteiger partial charge in [-0.15, -0.1) is 0 Å². The van der Waals surface area contributed by atoms with Crippen LogP contribution < -0.4 is 5.32 Å². The van der Waals surface area contributed by atoms with E-state index in [1.165, 1.54) is 6.92 Å². The van der Waals surface area contributed by atoms with Crippen LogP contribution in [0.5, 0.6) is 0 Å². The van der Waals surface area contributed by atoms with Gasteiger partial charge < -0.3 is 15.2 Å². The highest BCUT2D eigenvalue weighted by Crippen LogP contribution is 2.30. The zero-order valence-electron chi connectivity index (χ0n) is 16.6. The fourth-order valence-electron chi connectivity index (χ4n) is 4.25. The highest BCUT2D eigenvalue weighted by molar-refractivity contribution is 5.88. The summed E-state index contributed by atoms with van der Waals surface area (Å²) < 4.78 is 0. The van der Waals surface area contributed by atoms with Crippen molar-refractivity contribution >= 4 is 22.7 Å². The van der Waals surface area contributed by atoms with Crippen LogP contribution in [0.2, 0.25) is 0 Å². The Bertz CT molecular complexity index is 990. The molecule has 1 aromatic carbocycles. The molecule has 1 aliphatic rings. The fraction of sp³-hybridized carbons (Fsp3) is 0.348. The molecule has 29 heavy (non-hydrogen) atoms. The van der Waals surface area contributed by atoms with Crippen LogP contribution in [-0.4, -0.2) is 39.8 Å². The van der Waals surface area contributed by atoms with E-state index in [0.717, 1.165) is 35.0 Å². The molecule has 2 amide bonds. The molecule has 6 nitrogen and oxygen atoms in total. The van der Waals surface area contributed by atoms with E-state index in [9.17, 15) is 9.59 Å². The number of pyridine rings is 1. The van der Waals surface area contributed by atoms with E-state index in [1.807, 2.05) is 53.6 Å². The van der Waals surface area contributed by atoms with E-state index in [4.69, 9.17) is 0 Å². The Balaban J connectivity index is 1.40. The van der Waals surface area contributed by atoms with Crippen LogP contribution >= 0.6 is 0 Å². The van der Waals surface area contributed by atoms with Crippen LogP contribution in [0.1, 0.15) is 37.1 Å². The first-order chi connectivity index (χ1) is 14.1. The molecule has 6 heteroatoms. The Hall–Kier alpha value is -3.15. The van der Waals surface area contributed by atoms with Crippen molar-refractivity contribution in [2.45, 2.75) is 32.2 Å². The van der Waals surface area contributed by atoms with Crippen molar-refractivity contribution in [1.82, 2.24) is 20.2 Å². The monoisotopic (exact) mass is 390 g/mol. The van der Waals surface area contributed by atoms with Crippen LogP contribution in [-0.2, 0) is 16.0 Å². The van der Waals surface area contributed by atoms with Gasteiger partial charge in [-0.25, -0.2) is 0 Å². The molecule has 4 rings (SSSR count). The van der Waals surface area contributed by atoms with E-state index in [0.29, 0.717) is 19.5 Å². The summed E-state index contributed by atoms with van der Waals surface area (Å²) in [5, 5.41) is 4.17. The van der Waals surface area contributed by atoms with Crippen LogP contribution in [0.4, 0.5) is 0 Å². The number of carbonyl (C=O) groups excluding carboxylic acids is 2. The molecule has 3 heterocycles. The molecule has 150 valence electrons. The van der Waals surface area contributed by atoms with Gasteiger partial charge in [0.1, 0.15) is 0 Å². The normalized spacial score (nSPS) is 16.0. The number of rotatable bonds is 5. The van der Waals surface area contributed by atoms with Crippen LogP contribution in [0.3, 0.4) is 0 Å². The first-order valence-electron chi connectivity index (χ1n) is 10.1. The SMILES string of the molecule is CC(=O)N[C@H](c1ccccn1)C1CCN(C(=O)Cc2c[nH]c3ccccc23)CC1. The number of amides is 2. The Kier molecular flexibility index (Phi) is 5.60. The molecule has 1 fully saturated rings. The van der Waals surface area contributed by atoms with Crippen molar-refractivity contribution < 1.29 is 9.59 Å². The number of para-hydroxylation sites is 1. The third kappa shape index (κ3) is 4.31. The van der Waals surface area contributed by atoms with E-state index < -0.39 is 0 Å². The van der Waals surface area contributed by atoms with Crippen molar-refractivity contribution in [2.75, 3.05) is 13.1 Å². The molecule has 0 spiro atoms. The lowest BCUT2D eigenvalue weighted by Crippen LogP contribution is -2.43. The Morgan fingerprint density at radius 1 is 1.17 bits per heavy atom. The van der Waals surface area contributed by atoms with Crippen LogP contribution in [0.15, 0.2) is 54.9 Å². The average Bonchev–Trinajstić information content (AvgIpc) is 3.15. The number of piperidine rings is 1. The van der Waals surface area contributed by atoms with Gasteiger partial charge in [-0.3, -0.25) is 14.6 Å². The number of nitrogens with zero attached hydrogens (tertiary/aromatic N) is 2. The van der Waals surface area contributed by atoms with E-state index in [1.54, 1.807) is 6.20 Å². The molecule has 0 unspecified atom stereocenters. The summed E-state index contributed by atoms with van der Waals surface area (Å²) in [5.41, 5.74) is 2.98. The van der Waals surface area contributed by atoms with E-state index in [2.05, 4.69) is 15.3 Å². The van der Waals surface area contributed by atoms with Gasteiger partial charge in [-0.1, -0.05) is 24.3 Å². The molecular weight excluding hydrogens is 364 g/mol. The molecule has 2 N–H and O–H groups in total. The van der Waals surface area contributed by atoms with E-state index >= 15 is 0 Å². The van der Waals surface area contributed by atoms with Crippen molar-refractivity contribution in [2.24, 2.45) is 5.92 Å². The maximum atomic E-state index is 12.9. The lowest BCUT2D eigenvalue weighted by Gasteiger charge is -2.36. The average molecular weight is 390 g/mol. The number of nitrogens with one attached hydrogen (secondary N) is 2. The molecule has 3 aromatic rings. The fourth-order valence-corrected chi connectivity index (χ4v) is 4.25. The third-order valence-corrected chi connectivity index (χ3v) is 5.75. The maximum Gasteiger partial charge on any atom is 0.227 e. The quantitative estimate of drug-likeness (QED) is 0.702. The lowest BCUT2D eigenvalue weighted by molar-refractivity contribution is -0.132. The molecule has 0 aliphatic carbocycles. The Morgan fingerprint density at radius 3 is 2.66 bits per heavy atom. The predicted molar refractivity (Wildman–Crippen MR) is 112 cm³/mol. The van der Waals surface area contributed by atoms with Gasteiger partial charge in [0.25, 0.3) is 0 Å². The third-order valence-electron chi connectivity index (χ3n) is 5.75. The Labute approximate surface area is 170 Å². The maximum absolute atomic E-state index is 12.9. The summed E-state index contributed by atoms with van der Waals surface area (Å²) in [6.45, 7) is 2.94. The zero-order valence-corrected chi connectivity index (χ0v) is 16.6. The van der Waals surface area contributed by atoms with E-state index in [-0.39, 0.29) is 23.8 Å². The van der Waals surface area contributed by atoms with Crippen LogP contribution in [0.25, 0.3) is 10.9 Å². The van der Waals surface area contributed by atoms with Crippen molar-refractivity contribution in [3.8, 4) is 0 Å². The topological polar surface area (TPSA) is 78.1 Å². The largest absolute Gasteiger partial charge is 0.361 e. The number of benzene rings is 1. The first kappa shape index (κ1) is 19.2. The summed E-state index contributed by atoms with van der Waals surface area (Å²) in [5.74, 6) is 0.367. The number of H-pyrrole nitrogens is 1. The summed E-state index contributed by atoms with van der Waals surface area (Å²) in [7, 11) is 0. The molecule has 1 saturated heterocycles. The molecule has 2 aromatic heterocycles. The minimum Gasteiger partial charge on any atom is -0.361 e. The molecule has 0 radical (unpaired) electrons. The van der Waals surface area contributed by atoms with Crippen molar-refractivity contribution in [3.63, 3.8) is 0 Å². The van der Waals surface area contributed by atoms with Gasteiger partial charge in [-0.2, -0.15) is 0 Å². The number of fused-ring (bicyclic) bond motifs is 1. The van der Waals surface area contributed by atoms with Crippen LogP contribution in [0, 0.1) is 5.92 Å². The second-order valence-electron chi connectivity index (χ2n) is 7.69. The van der Waals surface area contributed by atoms with Crippen molar-refractivity contribution in [1.29, 1.82) is 0 Å². The summed E-state index contributed by atoms with van der Waals surface area (Å²) >= 11 is 0. The van der Waals surface area contributed by atoms with Crippen molar-refractivity contribution in [3.05, 3.63) is 66.1 Å². The number of likely N-dealkylation sites (tertiary alicyclic amines) is 1. The summed E-state index contributed by atoms with van der Waals surface area (Å²) in [6, 6.07) is 13.7. The number of aromatic nitrogens is 2. The predicted octanol–water partition coefficient (Wildman–Crippen LogP) is 3.22. The van der Waals surface area contributed by atoms with Gasteiger partial charge >= 0.3 is 0 Å². The molecule has 1 aliphatic heterocycles. The van der Waals surface area contributed by atoms with Gasteiger partial charge in [0, 0.05) is 43.3 Å². The molecular formula is C23H26N4O2. The number of hydrogen-bond acceptors (Lipinski definition) is 3. The minimum atomic E-state index is -0.112. The van der Waals surface area contributed by atoms with Gasteiger partial charge in [-0.05, 0) is 42.5 Å². The minimum absolute atomic E-state index is 0.0569. The number of aromatic amines is 1. The Morgan fingerprint density at radius 2 is 1.93 bits per heavy atom. The second-order valence-corrected chi connectivity index (χ2v) is 7.69. The standard InChI is InChI=1S/C23H26N4O2/c1-16(28)26-23(21-8-4-5-11-24-21)17-9-12-27(13-10-17)22(29)14-18-15-25-20-7-3-2-6-19(18)20/h2-8,11,15,17,23,25H,9-10,12-14H2,1H3,(H,26,28)/t23-/m0/s1. The summed E-state index contributed by atoms with van der Waals surface area (Å²) in [6.07, 6.45) is 5.79. The first-order valence-corrected chi connectivity index (χ1v) is 10.1. The highest BCUT2D eigenvalue weighted by Gasteiger charge is 2.30. The molecule has 0 saturated carbocycles. The van der Waals surface area contributed by atoms with Gasteiger partial charge in [0.05, 0.1) is 18.2 Å². The van der Waals surface area contributed by atoms with Gasteiger partial charge in [0.2, 0.25) is 11.8 Å².